The van der Waals surface area contributed by atoms with Gasteiger partial charge in [0.1, 0.15) is 5.75 Å². The largest absolute Gasteiger partial charge is 0.494 e. The average Bonchev–Trinajstić information content (AvgIpc) is 2.89. The maximum atomic E-state index is 5.43. The molecule has 0 aliphatic heterocycles. The maximum absolute atomic E-state index is 5.43. The lowest BCUT2D eigenvalue weighted by atomic mass is 10.2. The molecule has 0 bridgehead atoms. The van der Waals surface area contributed by atoms with E-state index in [9.17, 15) is 0 Å². The zero-order valence-electron chi connectivity index (χ0n) is 12.3. The van der Waals surface area contributed by atoms with E-state index in [0.29, 0.717) is 19.0 Å². The number of aryl methyl sites for hydroxylation is 1. The van der Waals surface area contributed by atoms with E-state index in [1.165, 1.54) is 5.56 Å². The summed E-state index contributed by atoms with van der Waals surface area (Å²) >= 11 is 0. The lowest BCUT2D eigenvalue weighted by Crippen LogP contribution is -2.17. The van der Waals surface area contributed by atoms with Gasteiger partial charge in [0, 0.05) is 13.0 Å². The number of benzene rings is 1. The van der Waals surface area contributed by atoms with Crippen molar-refractivity contribution in [3.05, 3.63) is 41.5 Å². The fourth-order valence-electron chi connectivity index (χ4n) is 1.95. The van der Waals surface area contributed by atoms with Crippen molar-refractivity contribution in [3.8, 4) is 5.75 Å². The molecular formula is C15H21N3O2. The standard InChI is InChI=1S/C15H21N3O2/c1-4-14-16-15(20-17-14)11-18(3)10-12-6-8-13(9-7-12)19-5-2/h6-9H,4-5,10-11H2,1-3H3. The highest BCUT2D eigenvalue weighted by molar-refractivity contribution is 5.27. The fourth-order valence-corrected chi connectivity index (χ4v) is 1.95. The van der Waals surface area contributed by atoms with Gasteiger partial charge in [-0.3, -0.25) is 4.90 Å². The maximum Gasteiger partial charge on any atom is 0.240 e. The van der Waals surface area contributed by atoms with E-state index in [2.05, 4.69) is 27.2 Å². The van der Waals surface area contributed by atoms with Crippen molar-refractivity contribution < 1.29 is 9.26 Å². The molecule has 20 heavy (non-hydrogen) atoms. The third-order valence-corrected chi connectivity index (χ3v) is 2.92. The van der Waals surface area contributed by atoms with Gasteiger partial charge in [0.2, 0.25) is 5.89 Å². The number of hydrogen-bond donors (Lipinski definition) is 0. The summed E-state index contributed by atoms with van der Waals surface area (Å²) < 4.78 is 10.6. The minimum absolute atomic E-state index is 0.653. The molecule has 5 heteroatoms. The van der Waals surface area contributed by atoms with Gasteiger partial charge in [-0.1, -0.05) is 24.2 Å². The summed E-state index contributed by atoms with van der Waals surface area (Å²) in [6.45, 7) is 6.17. The topological polar surface area (TPSA) is 51.4 Å². The minimum atomic E-state index is 0.653. The monoisotopic (exact) mass is 275 g/mol. The van der Waals surface area contributed by atoms with Crippen LogP contribution < -0.4 is 4.74 Å². The normalized spacial score (nSPS) is 11.0. The summed E-state index contributed by atoms with van der Waals surface area (Å²) in [5, 5.41) is 3.90. The molecular weight excluding hydrogens is 254 g/mol. The Morgan fingerprint density at radius 3 is 2.50 bits per heavy atom. The van der Waals surface area contributed by atoms with Crippen molar-refractivity contribution in [3.63, 3.8) is 0 Å². The van der Waals surface area contributed by atoms with Crippen molar-refractivity contribution in [2.75, 3.05) is 13.7 Å². The highest BCUT2D eigenvalue weighted by Crippen LogP contribution is 2.14. The minimum Gasteiger partial charge on any atom is -0.494 e. The van der Waals surface area contributed by atoms with Gasteiger partial charge in [-0.25, -0.2) is 0 Å². The Labute approximate surface area is 119 Å². The molecule has 0 fully saturated rings. The lowest BCUT2D eigenvalue weighted by Gasteiger charge is -2.14. The van der Waals surface area contributed by atoms with Gasteiger partial charge in [-0.05, 0) is 31.7 Å². The van der Waals surface area contributed by atoms with Gasteiger partial charge in [0.05, 0.1) is 13.2 Å². The highest BCUT2D eigenvalue weighted by atomic mass is 16.5. The third-order valence-electron chi connectivity index (χ3n) is 2.92. The van der Waals surface area contributed by atoms with E-state index >= 15 is 0 Å². The third kappa shape index (κ3) is 4.06. The van der Waals surface area contributed by atoms with Crippen LogP contribution >= 0.6 is 0 Å². The van der Waals surface area contributed by atoms with Crippen LogP contribution in [0.3, 0.4) is 0 Å². The van der Waals surface area contributed by atoms with Gasteiger partial charge in [0.25, 0.3) is 0 Å². The van der Waals surface area contributed by atoms with Gasteiger partial charge in [-0.15, -0.1) is 0 Å². The van der Waals surface area contributed by atoms with Crippen LogP contribution in [0.15, 0.2) is 28.8 Å². The smallest absolute Gasteiger partial charge is 0.240 e. The van der Waals surface area contributed by atoms with Crippen LogP contribution in [0, 0.1) is 0 Å². The summed E-state index contributed by atoms with van der Waals surface area (Å²) in [5.41, 5.74) is 1.23. The molecule has 0 radical (unpaired) electrons. The molecule has 2 rings (SSSR count). The molecule has 108 valence electrons. The Kier molecular flexibility index (Phi) is 5.12. The second-order valence-electron chi connectivity index (χ2n) is 4.71. The van der Waals surface area contributed by atoms with Crippen molar-refractivity contribution in [2.24, 2.45) is 0 Å². The molecule has 2 aromatic rings. The van der Waals surface area contributed by atoms with E-state index in [0.717, 1.165) is 24.5 Å². The van der Waals surface area contributed by atoms with Gasteiger partial charge >= 0.3 is 0 Å². The van der Waals surface area contributed by atoms with Gasteiger partial charge in [0.15, 0.2) is 5.82 Å². The van der Waals surface area contributed by atoms with Crippen molar-refractivity contribution in [2.45, 2.75) is 33.4 Å². The first kappa shape index (κ1) is 14.5. The molecule has 1 aromatic carbocycles. The summed E-state index contributed by atoms with van der Waals surface area (Å²) in [7, 11) is 2.03. The first-order chi connectivity index (χ1) is 9.71. The van der Waals surface area contributed by atoms with E-state index in [1.54, 1.807) is 0 Å². The van der Waals surface area contributed by atoms with E-state index in [1.807, 2.05) is 33.0 Å². The molecule has 0 amide bonds. The SMILES string of the molecule is CCOc1ccc(CN(C)Cc2nc(CC)no2)cc1. The second-order valence-corrected chi connectivity index (χ2v) is 4.71. The number of nitrogens with zero attached hydrogens (tertiary/aromatic N) is 3. The van der Waals surface area contributed by atoms with Crippen LogP contribution in [0.2, 0.25) is 0 Å². The van der Waals surface area contributed by atoms with E-state index in [-0.39, 0.29) is 0 Å². The van der Waals surface area contributed by atoms with Crippen LogP contribution in [0.25, 0.3) is 0 Å². The average molecular weight is 275 g/mol. The molecule has 0 N–H and O–H groups in total. The summed E-state index contributed by atoms with van der Waals surface area (Å²) in [4.78, 5) is 6.45. The number of aromatic nitrogens is 2. The van der Waals surface area contributed by atoms with Gasteiger partial charge < -0.3 is 9.26 Å². The molecule has 0 atom stereocenters. The van der Waals surface area contributed by atoms with E-state index in [4.69, 9.17) is 9.26 Å². The Bertz CT molecular complexity index is 522. The first-order valence-corrected chi connectivity index (χ1v) is 6.93. The predicted octanol–water partition coefficient (Wildman–Crippen LogP) is 2.66. The molecule has 0 aliphatic carbocycles. The Morgan fingerprint density at radius 1 is 1.15 bits per heavy atom. The number of ether oxygens (including phenoxy) is 1. The molecule has 0 aliphatic rings. The zero-order chi connectivity index (χ0) is 14.4. The van der Waals surface area contributed by atoms with Crippen molar-refractivity contribution in [1.29, 1.82) is 0 Å². The Balaban J connectivity index is 1.88. The fraction of sp³-hybridized carbons (Fsp3) is 0.467. The zero-order valence-corrected chi connectivity index (χ0v) is 12.3. The molecule has 0 unspecified atom stereocenters. The predicted molar refractivity (Wildman–Crippen MR) is 76.5 cm³/mol. The quantitative estimate of drug-likeness (QED) is 0.777. The summed E-state index contributed by atoms with van der Waals surface area (Å²) in [6, 6.07) is 8.14. The van der Waals surface area contributed by atoms with Gasteiger partial charge in [-0.2, -0.15) is 4.98 Å². The molecule has 5 nitrogen and oxygen atoms in total. The van der Waals surface area contributed by atoms with Crippen LogP contribution in [-0.2, 0) is 19.5 Å². The Morgan fingerprint density at radius 2 is 1.90 bits per heavy atom. The van der Waals surface area contributed by atoms with Crippen LogP contribution in [0.4, 0.5) is 0 Å². The lowest BCUT2D eigenvalue weighted by molar-refractivity contribution is 0.260. The number of hydrogen-bond acceptors (Lipinski definition) is 5. The highest BCUT2D eigenvalue weighted by Gasteiger charge is 2.08. The Hall–Kier alpha value is -1.88. The molecule has 0 saturated heterocycles. The molecule has 1 heterocycles. The first-order valence-electron chi connectivity index (χ1n) is 6.93. The van der Waals surface area contributed by atoms with Crippen molar-refractivity contribution >= 4 is 0 Å². The van der Waals surface area contributed by atoms with E-state index < -0.39 is 0 Å². The van der Waals surface area contributed by atoms with Crippen LogP contribution in [0.1, 0.15) is 31.1 Å². The van der Waals surface area contributed by atoms with Crippen LogP contribution in [-0.4, -0.2) is 28.7 Å². The summed E-state index contributed by atoms with van der Waals surface area (Å²) in [5.74, 6) is 2.33. The second kappa shape index (κ2) is 7.05. The number of rotatable bonds is 7. The van der Waals surface area contributed by atoms with Crippen LogP contribution in [0.5, 0.6) is 5.75 Å². The summed E-state index contributed by atoms with van der Waals surface area (Å²) in [6.07, 6.45) is 0.798. The van der Waals surface area contributed by atoms with Crippen molar-refractivity contribution in [1.82, 2.24) is 15.0 Å². The molecule has 0 saturated carbocycles. The molecule has 0 spiro atoms. The molecule has 1 aromatic heterocycles.